The van der Waals surface area contributed by atoms with Crippen LogP contribution in [0.3, 0.4) is 0 Å². The van der Waals surface area contributed by atoms with Crippen molar-refractivity contribution in [3.63, 3.8) is 0 Å². The second-order valence-corrected chi connectivity index (χ2v) is 5.80. The van der Waals surface area contributed by atoms with Crippen LogP contribution in [0.25, 0.3) is 0 Å². The van der Waals surface area contributed by atoms with Crippen LogP contribution in [0, 0.1) is 11.7 Å². The van der Waals surface area contributed by atoms with E-state index in [4.69, 9.17) is 4.74 Å². The van der Waals surface area contributed by atoms with Crippen LogP contribution in [0.15, 0.2) is 48.5 Å². The Morgan fingerprint density at radius 1 is 1.04 bits per heavy atom. The number of amides is 2. The number of hydrogen-bond donors (Lipinski definition) is 2. The van der Waals surface area contributed by atoms with Crippen molar-refractivity contribution in [3.05, 3.63) is 54.3 Å². The number of halogens is 1. The first-order chi connectivity index (χ1) is 12.0. The zero-order chi connectivity index (χ0) is 18.2. The van der Waals surface area contributed by atoms with E-state index in [1.807, 2.05) is 0 Å². The quantitative estimate of drug-likeness (QED) is 0.802. The van der Waals surface area contributed by atoms with E-state index < -0.39 is 5.82 Å². The molecule has 0 saturated heterocycles. The van der Waals surface area contributed by atoms with Crippen molar-refractivity contribution in [2.24, 2.45) is 5.92 Å². The van der Waals surface area contributed by atoms with Crippen molar-refractivity contribution in [3.8, 4) is 5.75 Å². The van der Waals surface area contributed by atoms with E-state index in [9.17, 15) is 14.0 Å². The molecule has 0 bridgehead atoms. The smallest absolute Gasteiger partial charge is 0.227 e. The van der Waals surface area contributed by atoms with Gasteiger partial charge in [-0.3, -0.25) is 9.59 Å². The van der Waals surface area contributed by atoms with E-state index in [0.717, 1.165) is 0 Å². The fraction of sp³-hybridized carbons (Fsp3) is 0.263. The summed E-state index contributed by atoms with van der Waals surface area (Å²) in [6.07, 6.45) is 0.0803. The van der Waals surface area contributed by atoms with Gasteiger partial charge in [-0.25, -0.2) is 4.39 Å². The average molecular weight is 344 g/mol. The van der Waals surface area contributed by atoms with Crippen LogP contribution in [0.2, 0.25) is 0 Å². The Morgan fingerprint density at radius 3 is 2.40 bits per heavy atom. The van der Waals surface area contributed by atoms with Gasteiger partial charge in [-0.05, 0) is 30.3 Å². The van der Waals surface area contributed by atoms with Crippen molar-refractivity contribution in [1.29, 1.82) is 0 Å². The van der Waals surface area contributed by atoms with Gasteiger partial charge in [-0.2, -0.15) is 0 Å². The van der Waals surface area contributed by atoms with Crippen molar-refractivity contribution < 1.29 is 18.7 Å². The highest BCUT2D eigenvalue weighted by molar-refractivity contribution is 5.94. The molecule has 0 aliphatic rings. The molecule has 0 spiro atoms. The van der Waals surface area contributed by atoms with Crippen LogP contribution < -0.4 is 15.4 Å². The molecule has 6 heteroatoms. The summed E-state index contributed by atoms with van der Waals surface area (Å²) in [7, 11) is 0. The highest BCUT2D eigenvalue weighted by Gasteiger charge is 2.09. The minimum Gasteiger partial charge on any atom is -0.490 e. The fourth-order valence-electron chi connectivity index (χ4n) is 2.00. The Morgan fingerprint density at radius 2 is 1.72 bits per heavy atom. The van der Waals surface area contributed by atoms with Gasteiger partial charge in [-0.1, -0.05) is 32.0 Å². The lowest BCUT2D eigenvalue weighted by atomic mass is 10.2. The van der Waals surface area contributed by atoms with Crippen molar-refractivity contribution in [1.82, 2.24) is 0 Å². The maximum Gasteiger partial charge on any atom is 0.227 e. The number of para-hydroxylation sites is 1. The van der Waals surface area contributed by atoms with Gasteiger partial charge >= 0.3 is 0 Å². The lowest BCUT2D eigenvalue weighted by Crippen LogP contribution is -2.18. The third-order valence-electron chi connectivity index (χ3n) is 3.36. The summed E-state index contributed by atoms with van der Waals surface area (Å²) < 4.78 is 18.7. The molecule has 0 saturated carbocycles. The van der Waals surface area contributed by atoms with E-state index in [2.05, 4.69) is 10.6 Å². The van der Waals surface area contributed by atoms with Crippen molar-refractivity contribution >= 4 is 23.2 Å². The average Bonchev–Trinajstić information content (AvgIpc) is 2.57. The van der Waals surface area contributed by atoms with Gasteiger partial charge in [0.05, 0.1) is 13.0 Å². The second kappa shape index (κ2) is 8.82. The molecule has 0 aliphatic heterocycles. The molecule has 2 N–H and O–H groups in total. The van der Waals surface area contributed by atoms with E-state index in [-0.39, 0.29) is 36.5 Å². The van der Waals surface area contributed by atoms with E-state index in [0.29, 0.717) is 11.4 Å². The van der Waals surface area contributed by atoms with E-state index in [1.165, 1.54) is 12.1 Å². The maximum atomic E-state index is 13.4. The number of ether oxygens (including phenoxy) is 1. The molecule has 25 heavy (non-hydrogen) atoms. The number of carbonyl (C=O) groups is 2. The Hall–Kier alpha value is -2.89. The summed E-state index contributed by atoms with van der Waals surface area (Å²) in [4.78, 5) is 23.7. The topological polar surface area (TPSA) is 67.4 Å². The summed E-state index contributed by atoms with van der Waals surface area (Å²) >= 11 is 0. The highest BCUT2D eigenvalue weighted by Crippen LogP contribution is 2.17. The van der Waals surface area contributed by atoms with Gasteiger partial charge in [0, 0.05) is 17.3 Å². The molecule has 0 unspecified atom stereocenters. The van der Waals surface area contributed by atoms with Crippen molar-refractivity contribution in [2.75, 3.05) is 17.2 Å². The zero-order valence-corrected chi connectivity index (χ0v) is 14.2. The minimum atomic E-state index is -0.462. The standard InChI is InChI=1S/C19H21FN2O3/c1-13(2)19(24)22-15-7-5-6-14(12-15)21-18(23)10-11-25-17-9-4-3-8-16(17)20/h3-9,12-13H,10-11H2,1-2H3,(H,21,23)(H,22,24). The maximum absolute atomic E-state index is 13.4. The zero-order valence-electron chi connectivity index (χ0n) is 14.2. The van der Waals surface area contributed by atoms with Crippen LogP contribution in [-0.2, 0) is 9.59 Å². The lowest BCUT2D eigenvalue weighted by molar-refractivity contribution is -0.119. The molecular formula is C19H21FN2O3. The molecule has 0 fully saturated rings. The van der Waals surface area contributed by atoms with Gasteiger partial charge in [0.1, 0.15) is 0 Å². The lowest BCUT2D eigenvalue weighted by Gasteiger charge is -2.11. The third-order valence-corrected chi connectivity index (χ3v) is 3.36. The van der Waals surface area contributed by atoms with Crippen LogP contribution in [0.1, 0.15) is 20.3 Å². The Bertz CT molecular complexity index is 747. The number of benzene rings is 2. The summed E-state index contributed by atoms with van der Waals surface area (Å²) in [5.74, 6) is -0.829. The van der Waals surface area contributed by atoms with Gasteiger partial charge in [0.15, 0.2) is 11.6 Å². The molecular weight excluding hydrogens is 323 g/mol. The molecule has 5 nitrogen and oxygen atoms in total. The predicted octanol–water partition coefficient (Wildman–Crippen LogP) is 3.83. The summed E-state index contributed by atoms with van der Waals surface area (Å²) in [5, 5.41) is 5.49. The molecule has 2 amide bonds. The molecule has 2 rings (SSSR count). The van der Waals surface area contributed by atoms with E-state index in [1.54, 1.807) is 50.2 Å². The molecule has 2 aromatic rings. The summed E-state index contributed by atoms with van der Waals surface area (Å²) in [6.45, 7) is 3.67. The molecule has 0 aromatic heterocycles. The number of carbonyl (C=O) groups excluding carboxylic acids is 2. The first kappa shape index (κ1) is 18.4. The number of hydrogen-bond acceptors (Lipinski definition) is 3. The third kappa shape index (κ3) is 5.91. The van der Waals surface area contributed by atoms with Crippen LogP contribution in [-0.4, -0.2) is 18.4 Å². The monoisotopic (exact) mass is 344 g/mol. The second-order valence-electron chi connectivity index (χ2n) is 5.80. The van der Waals surface area contributed by atoms with Gasteiger partial charge in [0.2, 0.25) is 11.8 Å². The molecule has 0 atom stereocenters. The normalized spacial score (nSPS) is 10.4. The minimum absolute atomic E-state index is 0.0660. The van der Waals surface area contributed by atoms with Crippen LogP contribution >= 0.6 is 0 Å². The molecule has 0 heterocycles. The highest BCUT2D eigenvalue weighted by atomic mass is 19.1. The van der Waals surface area contributed by atoms with Gasteiger partial charge < -0.3 is 15.4 Å². The summed E-state index contributed by atoms with van der Waals surface area (Å²) in [5.41, 5.74) is 1.18. The predicted molar refractivity (Wildman–Crippen MR) is 95.1 cm³/mol. The Kier molecular flexibility index (Phi) is 6.51. The Balaban J connectivity index is 1.84. The van der Waals surface area contributed by atoms with Crippen LogP contribution in [0.4, 0.5) is 15.8 Å². The SMILES string of the molecule is CC(C)C(=O)Nc1cccc(NC(=O)CCOc2ccccc2F)c1. The number of rotatable bonds is 7. The fourth-order valence-corrected chi connectivity index (χ4v) is 2.00. The Labute approximate surface area is 146 Å². The number of nitrogens with one attached hydrogen (secondary N) is 2. The molecule has 0 aliphatic carbocycles. The molecule has 0 radical (unpaired) electrons. The van der Waals surface area contributed by atoms with Gasteiger partial charge in [-0.15, -0.1) is 0 Å². The van der Waals surface area contributed by atoms with Crippen LogP contribution in [0.5, 0.6) is 5.75 Å². The molecule has 132 valence electrons. The first-order valence-electron chi connectivity index (χ1n) is 8.04. The van der Waals surface area contributed by atoms with E-state index >= 15 is 0 Å². The van der Waals surface area contributed by atoms with Gasteiger partial charge in [0.25, 0.3) is 0 Å². The van der Waals surface area contributed by atoms with Crippen molar-refractivity contribution in [2.45, 2.75) is 20.3 Å². The number of anilines is 2. The largest absolute Gasteiger partial charge is 0.490 e. The molecule has 2 aromatic carbocycles. The summed E-state index contributed by atoms with van der Waals surface area (Å²) in [6, 6.07) is 12.9. The first-order valence-corrected chi connectivity index (χ1v) is 8.04.